The summed E-state index contributed by atoms with van der Waals surface area (Å²) in [6, 6.07) is 11.1. The number of nitrogens with zero attached hydrogens (tertiary/aromatic N) is 5. The molecule has 4 aromatic rings. The van der Waals surface area contributed by atoms with Crippen molar-refractivity contribution in [2.24, 2.45) is 0 Å². The highest BCUT2D eigenvalue weighted by Crippen LogP contribution is 2.43. The number of hydrogen-bond acceptors (Lipinski definition) is 7. The van der Waals surface area contributed by atoms with Gasteiger partial charge in [0.25, 0.3) is 11.8 Å². The minimum Gasteiger partial charge on any atom is -0.477 e. The number of aromatic carboxylic acids is 1. The first-order valence-electron chi connectivity index (χ1n) is 11.8. The number of carboxylic acid groups (broad SMARTS) is 1. The quantitative estimate of drug-likeness (QED) is 0.441. The van der Waals surface area contributed by atoms with Gasteiger partial charge in [0, 0.05) is 25.7 Å². The second-order valence-corrected chi connectivity index (χ2v) is 9.31. The van der Waals surface area contributed by atoms with Gasteiger partial charge in [-0.05, 0) is 37.1 Å². The molecule has 6 rings (SSSR count). The molecule has 1 N–H and O–H groups in total. The Labute approximate surface area is 210 Å². The molecule has 2 aliphatic rings. The molecule has 11 nitrogen and oxygen atoms in total. The fourth-order valence-corrected chi connectivity index (χ4v) is 5.48. The molecule has 0 aliphatic carbocycles. The highest BCUT2D eigenvalue weighted by atomic mass is 16.5. The Hall–Kier alpha value is -4.67. The van der Waals surface area contributed by atoms with Gasteiger partial charge in [-0.25, -0.2) is 4.79 Å². The molecule has 1 unspecified atom stereocenters. The maximum absolute atomic E-state index is 13.7. The Bertz CT molecular complexity index is 1550. The van der Waals surface area contributed by atoms with Crippen molar-refractivity contribution in [2.75, 3.05) is 13.1 Å². The van der Waals surface area contributed by atoms with Crippen LogP contribution in [0, 0.1) is 13.8 Å². The van der Waals surface area contributed by atoms with Crippen molar-refractivity contribution in [3.8, 4) is 0 Å². The second-order valence-electron chi connectivity index (χ2n) is 9.31. The third-order valence-corrected chi connectivity index (χ3v) is 7.28. The summed E-state index contributed by atoms with van der Waals surface area (Å²) in [6.45, 7) is 4.38. The molecule has 0 spiro atoms. The molecule has 0 saturated carbocycles. The number of amides is 2. The minimum absolute atomic E-state index is 0.0588. The zero-order chi connectivity index (χ0) is 25.9. The molecular formula is C26H23N5O6. The Kier molecular flexibility index (Phi) is 5.04. The molecule has 1 fully saturated rings. The van der Waals surface area contributed by atoms with Crippen LogP contribution in [0.1, 0.15) is 59.5 Å². The number of aromatic nitrogens is 3. The molecule has 11 heteroatoms. The number of carbonyl (C=O) groups excluding carboxylic acids is 2. The number of benzene rings is 1. The fraction of sp³-hybridized carbons (Fsp3) is 0.269. The van der Waals surface area contributed by atoms with Gasteiger partial charge >= 0.3 is 5.97 Å². The van der Waals surface area contributed by atoms with Crippen molar-refractivity contribution in [3.63, 3.8) is 0 Å². The molecule has 1 atom stereocenters. The van der Waals surface area contributed by atoms with E-state index in [1.165, 1.54) is 6.26 Å². The van der Waals surface area contributed by atoms with E-state index < -0.39 is 11.6 Å². The molecule has 188 valence electrons. The van der Waals surface area contributed by atoms with Gasteiger partial charge in [0.1, 0.15) is 23.1 Å². The average Bonchev–Trinajstić information content (AvgIpc) is 3.66. The number of fused-ring (bicyclic) bond motifs is 2. The first-order valence-corrected chi connectivity index (χ1v) is 11.8. The van der Waals surface area contributed by atoms with Crippen molar-refractivity contribution in [1.82, 2.24) is 24.7 Å². The maximum Gasteiger partial charge on any atom is 0.341 e. The summed E-state index contributed by atoms with van der Waals surface area (Å²) >= 11 is 0. The summed E-state index contributed by atoms with van der Waals surface area (Å²) in [5.74, 6) is -1.24. The molecule has 0 radical (unpaired) electrons. The van der Waals surface area contributed by atoms with Crippen molar-refractivity contribution in [3.05, 3.63) is 94.0 Å². The van der Waals surface area contributed by atoms with Crippen LogP contribution in [0.3, 0.4) is 0 Å². The van der Waals surface area contributed by atoms with Crippen LogP contribution in [-0.4, -0.2) is 60.7 Å². The third-order valence-electron chi connectivity index (χ3n) is 7.28. The van der Waals surface area contributed by atoms with Crippen molar-refractivity contribution in [1.29, 1.82) is 0 Å². The normalized spacial score (nSPS) is 18.7. The van der Waals surface area contributed by atoms with E-state index in [-0.39, 0.29) is 29.6 Å². The molecule has 1 saturated heterocycles. The van der Waals surface area contributed by atoms with E-state index in [2.05, 4.69) is 10.3 Å². The molecule has 0 bridgehead atoms. The summed E-state index contributed by atoms with van der Waals surface area (Å²) in [5.41, 5.74) is 2.29. The standard InChI is InChI=1S/C26H23N5O6/c1-15-19(13-36-27-15)23(32)30-10-11-31-24(33)20-4-3-9-29(20)14-26(30,31)18-7-5-17(6-8-18)12-21-22(25(34)35)16(2)28-37-21/h3-9,13H,10-12,14H2,1-2H3,(H,34,35). The molecular weight excluding hydrogens is 478 g/mol. The lowest BCUT2D eigenvalue weighted by atomic mass is 9.92. The monoisotopic (exact) mass is 501 g/mol. The van der Waals surface area contributed by atoms with Crippen LogP contribution < -0.4 is 0 Å². The van der Waals surface area contributed by atoms with Gasteiger partial charge in [0.2, 0.25) is 0 Å². The highest BCUT2D eigenvalue weighted by molar-refractivity contribution is 5.98. The molecule has 3 aromatic heterocycles. The van der Waals surface area contributed by atoms with Crippen LogP contribution in [0.25, 0.3) is 0 Å². The topological polar surface area (TPSA) is 135 Å². The summed E-state index contributed by atoms with van der Waals surface area (Å²) in [5, 5.41) is 17.2. The Morgan fingerprint density at radius 2 is 1.86 bits per heavy atom. The van der Waals surface area contributed by atoms with Gasteiger partial charge in [-0.15, -0.1) is 0 Å². The first-order chi connectivity index (χ1) is 17.8. The van der Waals surface area contributed by atoms with Gasteiger partial charge in [-0.2, -0.15) is 0 Å². The second kappa shape index (κ2) is 8.19. The fourth-order valence-electron chi connectivity index (χ4n) is 5.48. The number of carbonyl (C=O) groups is 3. The predicted molar refractivity (Wildman–Crippen MR) is 127 cm³/mol. The average molecular weight is 501 g/mol. The molecule has 5 heterocycles. The van der Waals surface area contributed by atoms with Crippen molar-refractivity contribution in [2.45, 2.75) is 32.5 Å². The summed E-state index contributed by atoms with van der Waals surface area (Å²) < 4.78 is 12.2. The van der Waals surface area contributed by atoms with E-state index in [0.717, 1.165) is 11.1 Å². The van der Waals surface area contributed by atoms with Gasteiger partial charge < -0.3 is 28.5 Å². The Morgan fingerprint density at radius 1 is 1.08 bits per heavy atom. The summed E-state index contributed by atoms with van der Waals surface area (Å²) in [7, 11) is 0. The number of aryl methyl sites for hydroxylation is 2. The smallest absolute Gasteiger partial charge is 0.341 e. The van der Waals surface area contributed by atoms with E-state index in [0.29, 0.717) is 42.3 Å². The van der Waals surface area contributed by atoms with Crippen LogP contribution in [0.5, 0.6) is 0 Å². The summed E-state index contributed by atoms with van der Waals surface area (Å²) in [4.78, 5) is 42.4. The van der Waals surface area contributed by atoms with E-state index in [4.69, 9.17) is 9.05 Å². The van der Waals surface area contributed by atoms with Crippen LogP contribution in [0.2, 0.25) is 0 Å². The lowest BCUT2D eigenvalue weighted by molar-refractivity contribution is -0.00599. The van der Waals surface area contributed by atoms with Crippen LogP contribution in [-0.2, 0) is 18.6 Å². The Morgan fingerprint density at radius 3 is 2.57 bits per heavy atom. The van der Waals surface area contributed by atoms with Gasteiger partial charge in [-0.3, -0.25) is 9.59 Å². The van der Waals surface area contributed by atoms with Crippen LogP contribution >= 0.6 is 0 Å². The lowest BCUT2D eigenvalue weighted by Gasteiger charge is -2.47. The maximum atomic E-state index is 13.7. The predicted octanol–water partition coefficient (Wildman–Crippen LogP) is 2.83. The zero-order valence-electron chi connectivity index (χ0n) is 20.2. The number of carboxylic acids is 1. The van der Waals surface area contributed by atoms with Crippen molar-refractivity contribution >= 4 is 17.8 Å². The molecule has 2 aliphatic heterocycles. The minimum atomic E-state index is -1.09. The number of hydrogen-bond donors (Lipinski definition) is 1. The van der Waals surface area contributed by atoms with E-state index in [1.54, 1.807) is 29.7 Å². The largest absolute Gasteiger partial charge is 0.477 e. The highest BCUT2D eigenvalue weighted by Gasteiger charge is 2.56. The zero-order valence-corrected chi connectivity index (χ0v) is 20.2. The number of rotatable bonds is 5. The molecule has 1 aromatic carbocycles. The molecule has 2 amide bonds. The Balaban J connectivity index is 1.42. The van der Waals surface area contributed by atoms with E-state index in [9.17, 15) is 19.5 Å². The van der Waals surface area contributed by atoms with Gasteiger partial charge in [0.15, 0.2) is 11.4 Å². The van der Waals surface area contributed by atoms with Gasteiger partial charge in [0.05, 0.1) is 17.9 Å². The van der Waals surface area contributed by atoms with Crippen LogP contribution in [0.15, 0.2) is 57.9 Å². The van der Waals surface area contributed by atoms with Crippen molar-refractivity contribution < 1.29 is 28.5 Å². The van der Waals surface area contributed by atoms with Crippen LogP contribution in [0.4, 0.5) is 0 Å². The van der Waals surface area contributed by atoms with E-state index in [1.807, 2.05) is 41.1 Å². The SMILES string of the molecule is Cc1nocc1C(=O)N1CCN2C(=O)c3cccn3CC12c1ccc(Cc2onc(C)c2C(=O)O)cc1. The first kappa shape index (κ1) is 22.8. The van der Waals surface area contributed by atoms with Gasteiger partial charge in [-0.1, -0.05) is 34.6 Å². The summed E-state index contributed by atoms with van der Waals surface area (Å²) in [6.07, 6.45) is 3.41. The van der Waals surface area contributed by atoms with E-state index >= 15 is 0 Å². The lowest BCUT2D eigenvalue weighted by Crippen LogP contribution is -2.60. The third kappa shape index (κ3) is 3.30. The molecule has 37 heavy (non-hydrogen) atoms.